The maximum absolute atomic E-state index is 5.17. The standard InChI is InChI=1S/C45H28N4/c1-2-14-31(15-3-1)48-41-24-11-8-21-38(41)46-45(48)29-13-12-16-32(25-29)47-39-22-9-7-20-36(39)37-28-42-30(27-44(37)47)26-43-35-19-5-4-17-33(35)34-18-6-10-23-40(34)49(42)43/h1-28H. The zero-order valence-corrected chi connectivity index (χ0v) is 26.5. The molecule has 0 unspecified atom stereocenters. The Balaban J connectivity index is 1.20. The van der Waals surface area contributed by atoms with Crippen LogP contribution < -0.4 is 0 Å². The van der Waals surface area contributed by atoms with Crippen molar-refractivity contribution < 1.29 is 0 Å². The van der Waals surface area contributed by atoms with Gasteiger partial charge < -0.3 is 8.97 Å². The monoisotopic (exact) mass is 624 g/mol. The van der Waals surface area contributed by atoms with Gasteiger partial charge in [-0.25, -0.2) is 4.98 Å². The summed E-state index contributed by atoms with van der Waals surface area (Å²) in [7, 11) is 0. The van der Waals surface area contributed by atoms with Gasteiger partial charge in [-0.15, -0.1) is 0 Å². The first-order valence-electron chi connectivity index (χ1n) is 16.7. The molecule has 0 saturated carbocycles. The number of pyridine rings is 1. The zero-order valence-electron chi connectivity index (χ0n) is 26.5. The molecule has 0 aliphatic rings. The molecule has 0 saturated heterocycles. The van der Waals surface area contributed by atoms with Crippen LogP contribution >= 0.6 is 0 Å². The van der Waals surface area contributed by atoms with Crippen LogP contribution in [0.5, 0.6) is 0 Å². The van der Waals surface area contributed by atoms with Crippen LogP contribution in [0.1, 0.15) is 0 Å². The van der Waals surface area contributed by atoms with Crippen molar-refractivity contribution in [3.05, 3.63) is 170 Å². The predicted molar refractivity (Wildman–Crippen MR) is 204 cm³/mol. The average Bonchev–Trinajstić information content (AvgIpc) is 3.84. The van der Waals surface area contributed by atoms with Gasteiger partial charge in [-0.05, 0) is 72.1 Å². The van der Waals surface area contributed by atoms with Gasteiger partial charge in [0, 0.05) is 43.9 Å². The zero-order chi connectivity index (χ0) is 32.1. The van der Waals surface area contributed by atoms with Crippen LogP contribution in [0.3, 0.4) is 0 Å². The number of fused-ring (bicyclic) bond motifs is 12. The maximum atomic E-state index is 5.17. The first-order valence-corrected chi connectivity index (χ1v) is 16.7. The lowest BCUT2D eigenvalue weighted by atomic mass is 10.1. The maximum Gasteiger partial charge on any atom is 0.145 e. The van der Waals surface area contributed by atoms with Crippen molar-refractivity contribution in [2.24, 2.45) is 0 Å². The average molecular weight is 625 g/mol. The molecule has 0 bridgehead atoms. The molecule has 0 N–H and O–H groups in total. The summed E-state index contributed by atoms with van der Waals surface area (Å²) in [6.45, 7) is 0. The van der Waals surface area contributed by atoms with E-state index in [9.17, 15) is 0 Å². The minimum atomic E-state index is 0.926. The number of para-hydroxylation sites is 5. The molecule has 7 aromatic carbocycles. The van der Waals surface area contributed by atoms with E-state index in [0.717, 1.165) is 33.8 Å². The third kappa shape index (κ3) is 3.71. The van der Waals surface area contributed by atoms with Crippen LogP contribution in [-0.4, -0.2) is 18.5 Å². The van der Waals surface area contributed by atoms with Gasteiger partial charge in [-0.2, -0.15) is 0 Å². The van der Waals surface area contributed by atoms with Gasteiger partial charge in [-0.3, -0.25) is 4.57 Å². The highest BCUT2D eigenvalue weighted by Gasteiger charge is 2.19. The Labute approximate surface area is 281 Å². The van der Waals surface area contributed by atoms with Crippen LogP contribution in [0, 0.1) is 0 Å². The van der Waals surface area contributed by atoms with Gasteiger partial charge >= 0.3 is 0 Å². The second-order valence-corrected chi connectivity index (χ2v) is 12.9. The van der Waals surface area contributed by atoms with Crippen LogP contribution in [0.4, 0.5) is 0 Å². The molecule has 0 aliphatic heterocycles. The van der Waals surface area contributed by atoms with Gasteiger partial charge in [0.05, 0.1) is 38.6 Å². The molecule has 11 aromatic rings. The Morgan fingerprint density at radius 3 is 1.78 bits per heavy atom. The molecule has 0 fully saturated rings. The molecule has 0 atom stereocenters. The SMILES string of the molecule is c1ccc(-n2c(-c3cccc(-n4c5ccccc5c5cc6c(cc54)cc4c5ccccc5c5ccccc5n64)c3)nc3ccccc32)cc1. The number of hydrogen-bond donors (Lipinski definition) is 0. The number of hydrogen-bond acceptors (Lipinski definition) is 1. The molecule has 11 rings (SSSR count). The van der Waals surface area contributed by atoms with Crippen LogP contribution in [0.15, 0.2) is 170 Å². The molecular weight excluding hydrogens is 597 g/mol. The van der Waals surface area contributed by atoms with Gasteiger partial charge in [0.25, 0.3) is 0 Å². The third-order valence-corrected chi connectivity index (χ3v) is 10.2. The second-order valence-electron chi connectivity index (χ2n) is 12.9. The number of nitrogens with zero attached hydrogens (tertiary/aromatic N) is 4. The molecule has 4 aromatic heterocycles. The van der Waals surface area contributed by atoms with Crippen LogP contribution in [-0.2, 0) is 0 Å². The van der Waals surface area contributed by atoms with Crippen molar-refractivity contribution in [1.29, 1.82) is 0 Å². The molecule has 228 valence electrons. The number of benzene rings is 7. The van der Waals surface area contributed by atoms with Crippen molar-refractivity contribution >= 4 is 70.9 Å². The number of aromatic nitrogens is 4. The lowest BCUT2D eigenvalue weighted by Crippen LogP contribution is -1.99. The van der Waals surface area contributed by atoms with E-state index in [1.54, 1.807) is 0 Å². The first-order chi connectivity index (χ1) is 24.3. The van der Waals surface area contributed by atoms with E-state index < -0.39 is 0 Å². The third-order valence-electron chi connectivity index (χ3n) is 10.2. The molecule has 49 heavy (non-hydrogen) atoms. The molecule has 4 heteroatoms. The van der Waals surface area contributed by atoms with Crippen molar-refractivity contribution in [2.75, 3.05) is 0 Å². The van der Waals surface area contributed by atoms with Gasteiger partial charge in [0.2, 0.25) is 0 Å². The fraction of sp³-hybridized carbons (Fsp3) is 0. The van der Waals surface area contributed by atoms with E-state index in [-0.39, 0.29) is 0 Å². The van der Waals surface area contributed by atoms with Crippen molar-refractivity contribution in [1.82, 2.24) is 18.5 Å². The summed E-state index contributed by atoms with van der Waals surface area (Å²) < 4.78 is 7.14. The van der Waals surface area contributed by atoms with Crippen LogP contribution in [0.2, 0.25) is 0 Å². The highest BCUT2D eigenvalue weighted by Crippen LogP contribution is 2.40. The Hall–Kier alpha value is -6.65. The van der Waals surface area contributed by atoms with Crippen LogP contribution in [0.25, 0.3) is 93.7 Å². The van der Waals surface area contributed by atoms with E-state index in [4.69, 9.17) is 4.98 Å². The van der Waals surface area contributed by atoms with E-state index in [1.807, 2.05) is 0 Å². The van der Waals surface area contributed by atoms with E-state index in [0.29, 0.717) is 0 Å². The fourth-order valence-corrected chi connectivity index (χ4v) is 8.09. The highest BCUT2D eigenvalue weighted by molar-refractivity contribution is 6.19. The Bertz CT molecular complexity index is 3100. The quantitative estimate of drug-likeness (QED) is 0.180. The van der Waals surface area contributed by atoms with E-state index in [2.05, 4.69) is 183 Å². The second kappa shape index (κ2) is 9.93. The highest BCUT2D eigenvalue weighted by atomic mass is 15.1. The summed E-state index contributed by atoms with van der Waals surface area (Å²) in [5, 5.41) is 7.52. The fourth-order valence-electron chi connectivity index (χ4n) is 8.09. The Kier molecular flexibility index (Phi) is 5.35. The molecule has 0 spiro atoms. The first kappa shape index (κ1) is 26.4. The lowest BCUT2D eigenvalue weighted by Gasteiger charge is -2.12. The normalized spacial score (nSPS) is 12.1. The molecule has 4 heterocycles. The van der Waals surface area contributed by atoms with E-state index >= 15 is 0 Å². The minimum Gasteiger partial charge on any atom is -0.309 e. The molecule has 0 radical (unpaired) electrons. The summed E-state index contributed by atoms with van der Waals surface area (Å²) in [5.41, 5.74) is 11.4. The summed E-state index contributed by atoms with van der Waals surface area (Å²) in [6.07, 6.45) is 0. The smallest absolute Gasteiger partial charge is 0.145 e. The van der Waals surface area contributed by atoms with Gasteiger partial charge in [0.15, 0.2) is 0 Å². The molecule has 4 nitrogen and oxygen atoms in total. The largest absolute Gasteiger partial charge is 0.309 e. The van der Waals surface area contributed by atoms with E-state index in [1.165, 1.54) is 59.9 Å². The lowest BCUT2D eigenvalue weighted by molar-refractivity contribution is 1.10. The number of rotatable bonds is 3. The topological polar surface area (TPSA) is 27.2 Å². The Morgan fingerprint density at radius 1 is 0.347 bits per heavy atom. The summed E-state index contributed by atoms with van der Waals surface area (Å²) in [4.78, 5) is 5.17. The molecule has 0 aliphatic carbocycles. The summed E-state index contributed by atoms with van der Waals surface area (Å²) >= 11 is 0. The molecular formula is C45H28N4. The Morgan fingerprint density at radius 2 is 0.959 bits per heavy atom. The van der Waals surface area contributed by atoms with Crippen molar-refractivity contribution in [3.8, 4) is 22.8 Å². The van der Waals surface area contributed by atoms with Gasteiger partial charge in [0.1, 0.15) is 5.82 Å². The number of imidazole rings is 1. The predicted octanol–water partition coefficient (Wildman–Crippen LogP) is 11.5. The van der Waals surface area contributed by atoms with Gasteiger partial charge in [-0.1, -0.05) is 103 Å². The summed E-state index contributed by atoms with van der Waals surface area (Å²) in [6, 6.07) is 61.2. The minimum absolute atomic E-state index is 0.926. The van der Waals surface area contributed by atoms with Crippen molar-refractivity contribution in [3.63, 3.8) is 0 Å². The summed E-state index contributed by atoms with van der Waals surface area (Å²) in [5.74, 6) is 0.926. The molecule has 0 amide bonds. The van der Waals surface area contributed by atoms with Crippen molar-refractivity contribution in [2.45, 2.75) is 0 Å².